The second kappa shape index (κ2) is 2.96. The molecule has 0 radical (unpaired) electrons. The van der Waals surface area contributed by atoms with Crippen LogP contribution in [0.4, 0.5) is 4.39 Å². The number of fused-ring (bicyclic) bond motifs is 1. The third-order valence-corrected chi connectivity index (χ3v) is 3.13. The average molecular weight is 277 g/mol. The Morgan fingerprint density at radius 2 is 2.25 bits per heavy atom. The zero-order valence-electron chi connectivity index (χ0n) is 6.48. The number of nitrogens with two attached hydrogens (primary N) is 1. The van der Waals surface area contributed by atoms with Gasteiger partial charge in [-0.3, -0.25) is 0 Å². The highest BCUT2D eigenvalue weighted by Crippen LogP contribution is 2.31. The van der Waals surface area contributed by atoms with Crippen molar-refractivity contribution < 1.29 is 4.39 Å². The molecular weight excluding hydrogens is 268 g/mol. The maximum absolute atomic E-state index is 13.1. The Kier molecular flexibility index (Phi) is 2.08. The molecule has 3 heteroatoms. The molecule has 2 rings (SSSR count). The van der Waals surface area contributed by atoms with Gasteiger partial charge in [0.1, 0.15) is 5.82 Å². The van der Waals surface area contributed by atoms with Gasteiger partial charge in [0.2, 0.25) is 0 Å². The van der Waals surface area contributed by atoms with Gasteiger partial charge in [-0.1, -0.05) is 0 Å². The largest absolute Gasteiger partial charge is 0.324 e. The van der Waals surface area contributed by atoms with E-state index in [1.807, 2.05) is 28.7 Å². The molecule has 0 aliphatic heterocycles. The molecule has 12 heavy (non-hydrogen) atoms. The Balaban J connectivity index is 2.56. The summed E-state index contributed by atoms with van der Waals surface area (Å²) in [6, 6.07) is 3.53. The van der Waals surface area contributed by atoms with E-state index in [4.69, 9.17) is 5.73 Å². The number of benzene rings is 1. The van der Waals surface area contributed by atoms with Gasteiger partial charge in [0.25, 0.3) is 0 Å². The predicted octanol–water partition coefficient (Wildman–Crippen LogP) is 2.38. The quantitative estimate of drug-likeness (QED) is 0.724. The molecule has 1 unspecified atom stereocenters. The molecule has 0 saturated carbocycles. The van der Waals surface area contributed by atoms with Crippen LogP contribution in [0.2, 0.25) is 0 Å². The SMILES string of the molecule is NC1CCc2cc(I)c(F)cc21. The normalized spacial score (nSPS) is 21.1. The van der Waals surface area contributed by atoms with Gasteiger partial charge in [-0.05, 0) is 58.7 Å². The second-order valence-electron chi connectivity index (χ2n) is 3.11. The van der Waals surface area contributed by atoms with Crippen molar-refractivity contribution in [3.05, 3.63) is 32.6 Å². The molecule has 0 aromatic heterocycles. The molecule has 2 N–H and O–H groups in total. The lowest BCUT2D eigenvalue weighted by Gasteiger charge is -2.05. The summed E-state index contributed by atoms with van der Waals surface area (Å²) in [5.41, 5.74) is 8.01. The van der Waals surface area contributed by atoms with Crippen molar-refractivity contribution >= 4 is 22.6 Å². The lowest BCUT2D eigenvalue weighted by molar-refractivity contribution is 0.614. The van der Waals surface area contributed by atoms with E-state index in [2.05, 4.69) is 0 Å². The second-order valence-corrected chi connectivity index (χ2v) is 4.27. The van der Waals surface area contributed by atoms with Gasteiger partial charge in [0.15, 0.2) is 0 Å². The minimum Gasteiger partial charge on any atom is -0.324 e. The average Bonchev–Trinajstić information content (AvgIpc) is 2.35. The molecule has 1 aromatic rings. The molecule has 0 saturated heterocycles. The van der Waals surface area contributed by atoms with Crippen molar-refractivity contribution in [1.29, 1.82) is 0 Å². The third-order valence-electron chi connectivity index (χ3n) is 2.31. The summed E-state index contributed by atoms with van der Waals surface area (Å²) in [4.78, 5) is 0. The van der Waals surface area contributed by atoms with E-state index in [9.17, 15) is 4.39 Å². The van der Waals surface area contributed by atoms with E-state index in [0.29, 0.717) is 3.57 Å². The van der Waals surface area contributed by atoms with Crippen LogP contribution in [-0.2, 0) is 6.42 Å². The number of rotatable bonds is 0. The summed E-state index contributed by atoms with van der Waals surface area (Å²) in [5, 5.41) is 0. The van der Waals surface area contributed by atoms with Gasteiger partial charge in [-0.2, -0.15) is 0 Å². The van der Waals surface area contributed by atoms with Gasteiger partial charge >= 0.3 is 0 Å². The first-order valence-electron chi connectivity index (χ1n) is 3.92. The van der Waals surface area contributed by atoms with Crippen molar-refractivity contribution in [2.45, 2.75) is 18.9 Å². The maximum atomic E-state index is 13.1. The van der Waals surface area contributed by atoms with Gasteiger partial charge in [-0.15, -0.1) is 0 Å². The van der Waals surface area contributed by atoms with E-state index in [1.54, 1.807) is 6.07 Å². The van der Waals surface area contributed by atoms with Crippen LogP contribution in [0.3, 0.4) is 0 Å². The van der Waals surface area contributed by atoms with Gasteiger partial charge < -0.3 is 5.73 Å². The first-order valence-corrected chi connectivity index (χ1v) is 5.00. The molecule has 1 aliphatic rings. The van der Waals surface area contributed by atoms with Gasteiger partial charge in [-0.25, -0.2) is 4.39 Å². The molecule has 0 spiro atoms. The Labute approximate surface area is 84.3 Å². The zero-order chi connectivity index (χ0) is 8.72. The molecule has 1 atom stereocenters. The Morgan fingerprint density at radius 1 is 1.50 bits per heavy atom. The van der Waals surface area contributed by atoms with Crippen LogP contribution in [0.5, 0.6) is 0 Å². The van der Waals surface area contributed by atoms with E-state index < -0.39 is 0 Å². The Hall–Kier alpha value is -0.160. The fourth-order valence-corrected chi connectivity index (χ4v) is 2.16. The first-order chi connectivity index (χ1) is 5.68. The minimum absolute atomic E-state index is 0.0477. The number of halogens is 2. The number of hydrogen-bond donors (Lipinski definition) is 1. The Bertz CT molecular complexity index is 325. The number of hydrogen-bond acceptors (Lipinski definition) is 1. The first kappa shape index (κ1) is 8.44. The highest BCUT2D eigenvalue weighted by molar-refractivity contribution is 14.1. The van der Waals surface area contributed by atoms with Crippen molar-refractivity contribution in [2.24, 2.45) is 5.73 Å². The van der Waals surface area contributed by atoms with Crippen LogP contribution in [0.1, 0.15) is 23.6 Å². The third kappa shape index (κ3) is 1.25. The Morgan fingerprint density at radius 3 is 3.00 bits per heavy atom. The summed E-state index contributed by atoms with van der Waals surface area (Å²) < 4.78 is 13.8. The zero-order valence-corrected chi connectivity index (χ0v) is 8.64. The smallest absolute Gasteiger partial charge is 0.136 e. The van der Waals surface area contributed by atoms with Crippen LogP contribution in [0.25, 0.3) is 0 Å². The molecule has 1 aliphatic carbocycles. The van der Waals surface area contributed by atoms with Crippen molar-refractivity contribution in [3.63, 3.8) is 0 Å². The van der Waals surface area contributed by atoms with Crippen molar-refractivity contribution in [2.75, 3.05) is 0 Å². The molecule has 0 bridgehead atoms. The monoisotopic (exact) mass is 277 g/mol. The van der Waals surface area contributed by atoms with E-state index in [-0.39, 0.29) is 11.9 Å². The molecule has 0 heterocycles. The van der Waals surface area contributed by atoms with E-state index in [0.717, 1.165) is 18.4 Å². The summed E-state index contributed by atoms with van der Waals surface area (Å²) >= 11 is 2.01. The van der Waals surface area contributed by atoms with Gasteiger partial charge in [0.05, 0.1) is 0 Å². The summed E-state index contributed by atoms with van der Waals surface area (Å²) in [6.45, 7) is 0. The van der Waals surface area contributed by atoms with Crippen LogP contribution in [0.15, 0.2) is 12.1 Å². The summed E-state index contributed by atoms with van der Waals surface area (Å²) in [6.07, 6.45) is 1.95. The lowest BCUT2D eigenvalue weighted by atomic mass is 10.1. The number of aryl methyl sites for hydroxylation is 1. The maximum Gasteiger partial charge on any atom is 0.136 e. The highest BCUT2D eigenvalue weighted by atomic mass is 127. The molecular formula is C9H9FIN. The lowest BCUT2D eigenvalue weighted by Crippen LogP contribution is -2.05. The van der Waals surface area contributed by atoms with Crippen LogP contribution < -0.4 is 5.73 Å². The fourth-order valence-electron chi connectivity index (χ4n) is 1.63. The predicted molar refractivity (Wildman–Crippen MR) is 54.4 cm³/mol. The summed E-state index contributed by atoms with van der Waals surface area (Å²) in [7, 11) is 0. The fraction of sp³-hybridized carbons (Fsp3) is 0.333. The van der Waals surface area contributed by atoms with Crippen LogP contribution >= 0.6 is 22.6 Å². The van der Waals surface area contributed by atoms with Crippen molar-refractivity contribution in [3.8, 4) is 0 Å². The van der Waals surface area contributed by atoms with Crippen LogP contribution in [-0.4, -0.2) is 0 Å². The summed E-state index contributed by atoms with van der Waals surface area (Å²) in [5.74, 6) is -0.147. The molecule has 1 nitrogen and oxygen atoms in total. The molecule has 0 fully saturated rings. The van der Waals surface area contributed by atoms with Gasteiger partial charge in [0, 0.05) is 9.61 Å². The topological polar surface area (TPSA) is 26.0 Å². The van der Waals surface area contributed by atoms with Crippen LogP contribution in [0, 0.1) is 9.39 Å². The molecule has 1 aromatic carbocycles. The molecule has 64 valence electrons. The molecule has 0 amide bonds. The van der Waals surface area contributed by atoms with E-state index >= 15 is 0 Å². The minimum atomic E-state index is -0.147. The highest BCUT2D eigenvalue weighted by Gasteiger charge is 2.20. The van der Waals surface area contributed by atoms with Crippen molar-refractivity contribution in [1.82, 2.24) is 0 Å². The standard InChI is InChI=1S/C9H9FIN/c10-7-4-6-5(3-8(7)11)1-2-9(6)12/h3-4,9H,1-2,12H2. The van der Waals surface area contributed by atoms with E-state index in [1.165, 1.54) is 5.56 Å².